The average molecular weight is 514 g/mol. The van der Waals surface area contributed by atoms with Crippen LogP contribution in [0, 0.1) is 5.92 Å². The quantitative estimate of drug-likeness (QED) is 0.569. The fourth-order valence-electron chi connectivity index (χ4n) is 4.72. The molecule has 2 aliphatic rings. The fourth-order valence-corrected chi connectivity index (χ4v) is 6.57. The number of rotatable bonds is 7. The topological polar surface area (TPSA) is 76.1 Å². The number of aryl methyl sites for hydroxylation is 1. The molecule has 2 aromatic rings. The van der Waals surface area contributed by atoms with Crippen molar-refractivity contribution in [1.29, 1.82) is 0 Å². The van der Waals surface area contributed by atoms with Crippen molar-refractivity contribution in [3.63, 3.8) is 0 Å². The lowest BCUT2D eigenvalue weighted by molar-refractivity contribution is -0.137. The van der Waals surface area contributed by atoms with Crippen LogP contribution in [0.4, 0.5) is 18.9 Å². The summed E-state index contributed by atoms with van der Waals surface area (Å²) in [6, 6.07) is 7.18. The third-order valence-electron chi connectivity index (χ3n) is 6.77. The number of aliphatic hydroxyl groups is 1. The van der Waals surface area contributed by atoms with Gasteiger partial charge in [-0.05, 0) is 80.0 Å². The highest BCUT2D eigenvalue weighted by Gasteiger charge is 2.38. The molecule has 2 aliphatic heterocycles. The normalized spacial score (nSPS) is 19.5. The Morgan fingerprint density at radius 3 is 2.51 bits per heavy atom. The van der Waals surface area contributed by atoms with Gasteiger partial charge >= 0.3 is 6.18 Å². The summed E-state index contributed by atoms with van der Waals surface area (Å²) in [5.74, 6) is 0.745. The summed E-state index contributed by atoms with van der Waals surface area (Å²) in [7, 11) is -4.10. The van der Waals surface area contributed by atoms with Gasteiger partial charge in [-0.25, -0.2) is 8.42 Å². The molecule has 2 aromatic carbocycles. The molecule has 0 bridgehead atoms. The molecule has 0 amide bonds. The predicted octanol–water partition coefficient (Wildman–Crippen LogP) is 4.92. The number of anilines is 1. The van der Waals surface area contributed by atoms with E-state index in [9.17, 15) is 26.7 Å². The van der Waals surface area contributed by atoms with Crippen LogP contribution in [-0.4, -0.2) is 39.4 Å². The molecule has 1 saturated heterocycles. The van der Waals surface area contributed by atoms with Crippen molar-refractivity contribution in [1.82, 2.24) is 0 Å². The molecule has 1 fully saturated rings. The first-order valence-electron chi connectivity index (χ1n) is 11.8. The Balaban J connectivity index is 1.65. The van der Waals surface area contributed by atoms with Crippen LogP contribution in [-0.2, 0) is 34.0 Å². The van der Waals surface area contributed by atoms with E-state index in [1.165, 1.54) is 28.6 Å². The Morgan fingerprint density at radius 1 is 1.11 bits per heavy atom. The van der Waals surface area contributed by atoms with Crippen LogP contribution >= 0.6 is 0 Å². The SMILES string of the molecule is CC[C@@H]1CCc2cc(C(F)(F)F)ccc2N1S(=O)(=O)c1ccc(OCC2CCOCC2)c(CO)c1. The Morgan fingerprint density at radius 2 is 1.86 bits per heavy atom. The summed E-state index contributed by atoms with van der Waals surface area (Å²) < 4.78 is 79.7. The van der Waals surface area contributed by atoms with Crippen molar-refractivity contribution in [2.24, 2.45) is 5.92 Å². The summed E-state index contributed by atoms with van der Waals surface area (Å²) in [6.45, 7) is 3.25. The van der Waals surface area contributed by atoms with E-state index in [2.05, 4.69) is 0 Å². The van der Waals surface area contributed by atoms with Crippen molar-refractivity contribution in [2.75, 3.05) is 24.1 Å². The van der Waals surface area contributed by atoms with Gasteiger partial charge in [0.1, 0.15) is 5.75 Å². The van der Waals surface area contributed by atoms with Crippen LogP contribution in [0.3, 0.4) is 0 Å². The van der Waals surface area contributed by atoms with Crippen LogP contribution in [0.2, 0.25) is 0 Å². The summed E-state index contributed by atoms with van der Waals surface area (Å²) >= 11 is 0. The number of sulfonamides is 1. The van der Waals surface area contributed by atoms with E-state index in [0.29, 0.717) is 61.9 Å². The molecule has 1 atom stereocenters. The lowest BCUT2D eigenvalue weighted by Gasteiger charge is -2.38. The zero-order valence-corrected chi connectivity index (χ0v) is 20.4. The van der Waals surface area contributed by atoms with Gasteiger partial charge in [-0.2, -0.15) is 13.2 Å². The van der Waals surface area contributed by atoms with E-state index in [0.717, 1.165) is 25.0 Å². The first-order valence-corrected chi connectivity index (χ1v) is 13.3. The van der Waals surface area contributed by atoms with Gasteiger partial charge in [0.2, 0.25) is 0 Å². The molecule has 4 rings (SSSR count). The molecule has 192 valence electrons. The van der Waals surface area contributed by atoms with Crippen LogP contribution < -0.4 is 9.04 Å². The summed E-state index contributed by atoms with van der Waals surface area (Å²) in [4.78, 5) is -0.0360. The number of benzene rings is 2. The number of nitrogens with zero attached hydrogens (tertiary/aromatic N) is 1. The number of fused-ring (bicyclic) bond motifs is 1. The lowest BCUT2D eigenvalue weighted by atomic mass is 9.95. The van der Waals surface area contributed by atoms with E-state index in [1.54, 1.807) is 0 Å². The summed E-state index contributed by atoms with van der Waals surface area (Å²) in [6.07, 6.45) is -1.45. The van der Waals surface area contributed by atoms with Gasteiger partial charge < -0.3 is 14.6 Å². The third kappa shape index (κ3) is 5.44. The molecule has 0 aromatic heterocycles. The first kappa shape index (κ1) is 25.8. The highest BCUT2D eigenvalue weighted by Crippen LogP contribution is 2.40. The second kappa shape index (κ2) is 10.4. The van der Waals surface area contributed by atoms with Gasteiger partial charge in [0, 0.05) is 24.8 Å². The van der Waals surface area contributed by atoms with E-state index >= 15 is 0 Å². The van der Waals surface area contributed by atoms with Crippen LogP contribution in [0.1, 0.15) is 49.3 Å². The van der Waals surface area contributed by atoms with Gasteiger partial charge in [0.05, 0.1) is 29.4 Å². The van der Waals surface area contributed by atoms with Gasteiger partial charge in [-0.3, -0.25) is 4.31 Å². The lowest BCUT2D eigenvalue weighted by Crippen LogP contribution is -2.43. The molecule has 0 aliphatic carbocycles. The Kier molecular flexibility index (Phi) is 7.63. The van der Waals surface area contributed by atoms with Crippen molar-refractivity contribution in [3.8, 4) is 5.75 Å². The van der Waals surface area contributed by atoms with E-state index in [-0.39, 0.29) is 16.6 Å². The molecule has 0 unspecified atom stereocenters. The average Bonchev–Trinajstić information content (AvgIpc) is 2.86. The third-order valence-corrected chi connectivity index (χ3v) is 8.63. The number of ether oxygens (including phenoxy) is 2. The van der Waals surface area contributed by atoms with Crippen LogP contribution in [0.15, 0.2) is 41.3 Å². The largest absolute Gasteiger partial charge is 0.493 e. The first-order chi connectivity index (χ1) is 16.6. The Bertz CT molecular complexity index is 1150. The maximum atomic E-state index is 13.8. The summed E-state index contributed by atoms with van der Waals surface area (Å²) in [5, 5.41) is 9.90. The van der Waals surface area contributed by atoms with Gasteiger partial charge in [-0.15, -0.1) is 0 Å². The molecule has 10 heteroatoms. The van der Waals surface area contributed by atoms with Crippen molar-refractivity contribution < 1.29 is 36.2 Å². The fraction of sp³-hybridized carbons (Fsp3) is 0.520. The number of hydrogen-bond acceptors (Lipinski definition) is 5. The summed E-state index contributed by atoms with van der Waals surface area (Å²) in [5.41, 5.74) is 0.168. The van der Waals surface area contributed by atoms with Crippen LogP contribution in [0.25, 0.3) is 0 Å². The van der Waals surface area contributed by atoms with E-state index < -0.39 is 28.4 Å². The van der Waals surface area contributed by atoms with Gasteiger partial charge in [0.15, 0.2) is 0 Å². The minimum Gasteiger partial charge on any atom is -0.493 e. The van der Waals surface area contributed by atoms with Gasteiger partial charge in [-0.1, -0.05) is 6.92 Å². The zero-order valence-electron chi connectivity index (χ0n) is 19.6. The predicted molar refractivity (Wildman–Crippen MR) is 125 cm³/mol. The van der Waals surface area contributed by atoms with E-state index in [4.69, 9.17) is 9.47 Å². The molecule has 6 nitrogen and oxygen atoms in total. The molecule has 0 spiro atoms. The number of halogens is 3. The minimum atomic E-state index is -4.50. The zero-order chi connectivity index (χ0) is 25.2. The molecular weight excluding hydrogens is 483 g/mol. The van der Waals surface area contributed by atoms with E-state index in [1.807, 2.05) is 6.92 Å². The molecule has 35 heavy (non-hydrogen) atoms. The Hall–Kier alpha value is -2.30. The Labute approximate surface area is 203 Å². The number of alkyl halides is 3. The highest BCUT2D eigenvalue weighted by molar-refractivity contribution is 7.92. The molecule has 0 radical (unpaired) electrons. The van der Waals surface area contributed by atoms with Crippen LogP contribution in [0.5, 0.6) is 5.75 Å². The van der Waals surface area contributed by atoms with Crippen molar-refractivity contribution in [3.05, 3.63) is 53.1 Å². The van der Waals surface area contributed by atoms with Crippen molar-refractivity contribution in [2.45, 2.75) is 62.7 Å². The molecule has 1 N–H and O–H groups in total. The standard InChI is InChI=1S/C25H30F3NO5S/c1-2-21-5-3-18-13-20(25(26,27)28)4-7-23(18)29(21)35(31,32)22-6-8-24(19(14-22)15-30)34-16-17-9-11-33-12-10-17/h4,6-8,13-14,17,21,30H,2-3,5,9-12,15-16H2,1H3/t21-/m1/s1. The molecular formula is C25H30F3NO5S. The second-order valence-corrected chi connectivity index (χ2v) is 10.9. The maximum Gasteiger partial charge on any atom is 0.416 e. The maximum absolute atomic E-state index is 13.8. The smallest absolute Gasteiger partial charge is 0.416 e. The van der Waals surface area contributed by atoms with Crippen molar-refractivity contribution >= 4 is 15.7 Å². The van der Waals surface area contributed by atoms with Gasteiger partial charge in [0.25, 0.3) is 10.0 Å². The minimum absolute atomic E-state index is 0.0360. The monoisotopic (exact) mass is 513 g/mol. The highest BCUT2D eigenvalue weighted by atomic mass is 32.2. The number of aliphatic hydroxyl groups excluding tert-OH is 1. The molecule has 0 saturated carbocycles. The molecule has 2 heterocycles. The number of hydrogen-bond donors (Lipinski definition) is 1. The second-order valence-electron chi connectivity index (χ2n) is 9.04.